The first-order valence-corrected chi connectivity index (χ1v) is 5.40. The lowest BCUT2D eigenvalue weighted by Crippen LogP contribution is -2.15. The van der Waals surface area contributed by atoms with Gasteiger partial charge in [-0.15, -0.1) is 12.4 Å². The fourth-order valence-corrected chi connectivity index (χ4v) is 2.13. The van der Waals surface area contributed by atoms with Crippen molar-refractivity contribution in [2.45, 2.75) is 18.6 Å². The third-order valence-electron chi connectivity index (χ3n) is 1.88. The van der Waals surface area contributed by atoms with Crippen molar-refractivity contribution in [3.05, 3.63) is 18.2 Å². The summed E-state index contributed by atoms with van der Waals surface area (Å²) < 4.78 is 32.3. The Labute approximate surface area is 89.3 Å². The van der Waals surface area contributed by atoms with Crippen LogP contribution in [0.5, 0.6) is 0 Å². The summed E-state index contributed by atoms with van der Waals surface area (Å²) in [6.07, 6.45) is 3.45. The molecule has 1 rings (SSSR count). The summed E-state index contributed by atoms with van der Waals surface area (Å²) in [5.41, 5.74) is 0. The van der Waals surface area contributed by atoms with Gasteiger partial charge in [0.25, 0.3) is 10.1 Å². The van der Waals surface area contributed by atoms with E-state index in [9.17, 15) is 8.42 Å². The van der Waals surface area contributed by atoms with E-state index in [1.54, 1.807) is 24.7 Å². The molecule has 1 heterocycles. The van der Waals surface area contributed by atoms with E-state index in [2.05, 4.69) is 4.98 Å². The molecule has 0 aliphatic rings. The molecule has 0 aliphatic carbocycles. The third kappa shape index (κ3) is 2.70. The Balaban J connectivity index is 0.00000169. The van der Waals surface area contributed by atoms with Gasteiger partial charge in [0.05, 0.1) is 0 Å². The van der Waals surface area contributed by atoms with Crippen molar-refractivity contribution >= 4 is 22.5 Å². The van der Waals surface area contributed by atoms with E-state index in [1.807, 2.05) is 0 Å². The standard InChI is InChI=1S/C7H12N2O3S.ClH/c1-3-6(13(10,11)12)7-8-4-5-9(7)2;/h4-6H,3H2,1-2H3,(H,10,11,12);1H. The van der Waals surface area contributed by atoms with E-state index in [0.717, 1.165) is 0 Å². The number of rotatable bonds is 3. The van der Waals surface area contributed by atoms with Gasteiger partial charge in [-0.05, 0) is 6.42 Å². The lowest BCUT2D eigenvalue weighted by atomic mass is 10.3. The molecule has 0 saturated carbocycles. The number of halogens is 1. The molecule has 0 fully saturated rings. The summed E-state index contributed by atoms with van der Waals surface area (Å²) in [6, 6.07) is 0. The first-order chi connectivity index (χ1) is 5.96. The highest BCUT2D eigenvalue weighted by atomic mass is 35.5. The largest absolute Gasteiger partial charge is 0.337 e. The molecule has 0 amide bonds. The SMILES string of the molecule is CCC(c1nccn1C)S(=O)(=O)O.Cl. The summed E-state index contributed by atoms with van der Waals surface area (Å²) in [5, 5.41) is -0.924. The van der Waals surface area contributed by atoms with Gasteiger partial charge in [0.15, 0.2) is 0 Å². The summed E-state index contributed by atoms with van der Waals surface area (Å²) in [4.78, 5) is 3.88. The van der Waals surface area contributed by atoms with Gasteiger partial charge in [0.2, 0.25) is 0 Å². The maximum Gasteiger partial charge on any atom is 0.275 e. The molecule has 0 aromatic carbocycles. The highest BCUT2D eigenvalue weighted by Gasteiger charge is 2.26. The van der Waals surface area contributed by atoms with Crippen LogP contribution in [0.3, 0.4) is 0 Å². The molecule has 5 nitrogen and oxygen atoms in total. The Kier molecular flexibility index (Phi) is 4.57. The normalized spacial score (nSPS) is 13.4. The minimum atomic E-state index is -4.04. The van der Waals surface area contributed by atoms with Crippen LogP contribution in [-0.4, -0.2) is 22.5 Å². The lowest BCUT2D eigenvalue weighted by molar-refractivity contribution is 0.461. The second kappa shape index (κ2) is 4.77. The molecule has 1 aromatic rings. The average Bonchev–Trinajstić information content (AvgIpc) is 2.35. The van der Waals surface area contributed by atoms with Gasteiger partial charge < -0.3 is 4.57 Å². The van der Waals surface area contributed by atoms with Crippen molar-refractivity contribution in [1.82, 2.24) is 9.55 Å². The van der Waals surface area contributed by atoms with Gasteiger partial charge in [-0.2, -0.15) is 8.42 Å². The van der Waals surface area contributed by atoms with Gasteiger partial charge >= 0.3 is 0 Å². The van der Waals surface area contributed by atoms with E-state index < -0.39 is 15.4 Å². The molecule has 0 saturated heterocycles. The number of aromatic nitrogens is 2. The van der Waals surface area contributed by atoms with Gasteiger partial charge in [-0.25, -0.2) is 4.98 Å². The smallest absolute Gasteiger partial charge is 0.275 e. The number of aryl methyl sites for hydroxylation is 1. The highest BCUT2D eigenvalue weighted by molar-refractivity contribution is 7.86. The molecule has 1 N–H and O–H groups in total. The maximum atomic E-state index is 10.9. The van der Waals surface area contributed by atoms with Gasteiger partial charge in [-0.3, -0.25) is 4.55 Å². The first-order valence-electron chi connectivity index (χ1n) is 3.90. The van der Waals surface area contributed by atoms with Crippen molar-refractivity contribution in [1.29, 1.82) is 0 Å². The molecule has 14 heavy (non-hydrogen) atoms. The fourth-order valence-electron chi connectivity index (χ4n) is 1.21. The van der Waals surface area contributed by atoms with Crippen LogP contribution in [0.4, 0.5) is 0 Å². The van der Waals surface area contributed by atoms with Crippen molar-refractivity contribution in [3.63, 3.8) is 0 Å². The molecular formula is C7H13ClN2O3S. The van der Waals surface area contributed by atoms with E-state index in [0.29, 0.717) is 12.2 Å². The summed E-state index contributed by atoms with van der Waals surface area (Å²) in [7, 11) is -2.35. The molecule has 82 valence electrons. The minimum Gasteiger partial charge on any atom is -0.337 e. The minimum absolute atomic E-state index is 0. The highest BCUT2D eigenvalue weighted by Crippen LogP contribution is 2.22. The Morgan fingerprint density at radius 2 is 2.21 bits per heavy atom. The topological polar surface area (TPSA) is 72.2 Å². The van der Waals surface area contributed by atoms with Crippen LogP contribution < -0.4 is 0 Å². The molecule has 0 aliphatic heterocycles. The summed E-state index contributed by atoms with van der Waals surface area (Å²) >= 11 is 0. The van der Waals surface area contributed by atoms with Crippen LogP contribution in [0.2, 0.25) is 0 Å². The zero-order valence-corrected chi connectivity index (χ0v) is 9.55. The zero-order valence-electron chi connectivity index (χ0n) is 7.91. The Morgan fingerprint density at radius 3 is 2.50 bits per heavy atom. The van der Waals surface area contributed by atoms with Crippen LogP contribution in [0.15, 0.2) is 12.4 Å². The molecule has 0 radical (unpaired) electrons. The summed E-state index contributed by atoms with van der Waals surface area (Å²) in [6.45, 7) is 1.69. The van der Waals surface area contributed by atoms with Crippen LogP contribution in [0, 0.1) is 0 Å². The van der Waals surface area contributed by atoms with Crippen molar-refractivity contribution < 1.29 is 13.0 Å². The molecular weight excluding hydrogens is 228 g/mol. The van der Waals surface area contributed by atoms with E-state index in [-0.39, 0.29) is 12.4 Å². The van der Waals surface area contributed by atoms with Crippen molar-refractivity contribution in [2.24, 2.45) is 7.05 Å². The van der Waals surface area contributed by atoms with Crippen LogP contribution >= 0.6 is 12.4 Å². The first kappa shape index (κ1) is 13.4. The van der Waals surface area contributed by atoms with Gasteiger partial charge in [0, 0.05) is 19.4 Å². The van der Waals surface area contributed by atoms with Crippen molar-refractivity contribution in [2.75, 3.05) is 0 Å². The predicted octanol–water partition coefficient (Wildman–Crippen LogP) is 1.18. The fraction of sp³-hybridized carbons (Fsp3) is 0.571. The number of hydrogen-bond acceptors (Lipinski definition) is 3. The predicted molar refractivity (Wildman–Crippen MR) is 55.0 cm³/mol. The third-order valence-corrected chi connectivity index (χ3v) is 3.14. The van der Waals surface area contributed by atoms with Crippen molar-refractivity contribution in [3.8, 4) is 0 Å². The maximum absolute atomic E-state index is 10.9. The van der Waals surface area contributed by atoms with Crippen LogP contribution in [0.25, 0.3) is 0 Å². The van der Waals surface area contributed by atoms with E-state index in [1.165, 1.54) is 6.20 Å². The number of hydrogen-bond donors (Lipinski definition) is 1. The molecule has 0 spiro atoms. The van der Waals surface area contributed by atoms with E-state index >= 15 is 0 Å². The molecule has 1 atom stereocenters. The molecule has 0 bridgehead atoms. The molecule has 1 aromatic heterocycles. The Bertz CT molecular complexity index is 387. The monoisotopic (exact) mass is 240 g/mol. The van der Waals surface area contributed by atoms with Gasteiger partial charge in [0.1, 0.15) is 11.1 Å². The Hall–Kier alpha value is -0.590. The van der Waals surface area contributed by atoms with E-state index in [4.69, 9.17) is 4.55 Å². The second-order valence-electron chi connectivity index (χ2n) is 2.81. The van der Waals surface area contributed by atoms with Crippen LogP contribution in [-0.2, 0) is 17.2 Å². The number of nitrogens with zero attached hydrogens (tertiary/aromatic N) is 2. The number of imidazole rings is 1. The average molecular weight is 241 g/mol. The lowest BCUT2D eigenvalue weighted by Gasteiger charge is -2.10. The zero-order chi connectivity index (χ0) is 10.1. The van der Waals surface area contributed by atoms with Gasteiger partial charge in [-0.1, -0.05) is 6.92 Å². The molecule has 1 unspecified atom stereocenters. The second-order valence-corrected chi connectivity index (χ2v) is 4.41. The Morgan fingerprint density at radius 1 is 1.64 bits per heavy atom. The summed E-state index contributed by atoms with van der Waals surface area (Å²) in [5.74, 6) is 0.366. The quantitative estimate of drug-likeness (QED) is 0.806. The molecule has 7 heteroatoms. The van der Waals surface area contributed by atoms with Crippen LogP contribution in [0.1, 0.15) is 24.4 Å².